The van der Waals surface area contributed by atoms with Gasteiger partial charge in [-0.05, 0) is 52.0 Å². The molecule has 0 amide bonds. The third kappa shape index (κ3) is 6.30. The first-order chi connectivity index (χ1) is 11.1. The van der Waals surface area contributed by atoms with Gasteiger partial charge in [0.15, 0.2) is 5.96 Å². The summed E-state index contributed by atoms with van der Waals surface area (Å²) in [4.78, 5) is 9.20. The Balaban J connectivity index is 1.66. The van der Waals surface area contributed by atoms with E-state index < -0.39 is 0 Å². The Kier molecular flexibility index (Phi) is 7.63. The summed E-state index contributed by atoms with van der Waals surface area (Å²) < 4.78 is 5.73. The Bertz CT molecular complexity index is 370. The van der Waals surface area contributed by atoms with Crippen molar-refractivity contribution in [2.45, 2.75) is 58.0 Å². The lowest BCUT2D eigenvalue weighted by Gasteiger charge is -2.38. The van der Waals surface area contributed by atoms with E-state index in [1.54, 1.807) is 0 Å². The second kappa shape index (κ2) is 9.48. The molecule has 134 valence electrons. The number of likely N-dealkylation sites (tertiary alicyclic amines) is 1. The number of rotatable bonds is 8. The molecule has 1 saturated carbocycles. The number of guanidine groups is 1. The molecule has 2 fully saturated rings. The molecule has 2 unspecified atom stereocenters. The van der Waals surface area contributed by atoms with Crippen LogP contribution in [0.25, 0.3) is 0 Å². The average molecular weight is 325 g/mol. The smallest absolute Gasteiger partial charge is 0.193 e. The molecule has 1 heterocycles. The first-order valence-corrected chi connectivity index (χ1v) is 9.37. The van der Waals surface area contributed by atoms with Gasteiger partial charge in [0.1, 0.15) is 0 Å². The molecule has 1 N–H and O–H groups in total. The minimum absolute atomic E-state index is 0.543. The van der Waals surface area contributed by atoms with Crippen molar-refractivity contribution in [2.75, 3.05) is 46.9 Å². The highest BCUT2D eigenvalue weighted by atomic mass is 16.5. The van der Waals surface area contributed by atoms with Gasteiger partial charge in [-0.1, -0.05) is 6.42 Å². The van der Waals surface area contributed by atoms with E-state index in [0.717, 1.165) is 38.2 Å². The van der Waals surface area contributed by atoms with Gasteiger partial charge >= 0.3 is 0 Å². The largest absolute Gasteiger partial charge is 0.379 e. The van der Waals surface area contributed by atoms with Gasteiger partial charge in [0.05, 0.1) is 6.61 Å². The van der Waals surface area contributed by atoms with E-state index in [1.165, 1.54) is 38.6 Å². The van der Waals surface area contributed by atoms with Crippen LogP contribution in [0.2, 0.25) is 0 Å². The standard InChI is InChI=1S/C18H36N4O/c1-15-7-5-6-10-22(15)16(2)13-20-18(19-3)21(4)11-12-23-14-17-8-9-17/h15-17H,5-14H2,1-4H3,(H,19,20). The van der Waals surface area contributed by atoms with Gasteiger partial charge in [0.2, 0.25) is 0 Å². The van der Waals surface area contributed by atoms with Gasteiger partial charge < -0.3 is 15.0 Å². The number of aliphatic imine (C=N–C) groups is 1. The lowest BCUT2D eigenvalue weighted by Crippen LogP contribution is -2.50. The van der Waals surface area contributed by atoms with Gasteiger partial charge in [-0.2, -0.15) is 0 Å². The van der Waals surface area contributed by atoms with E-state index in [2.05, 4.69) is 41.0 Å². The molecule has 2 atom stereocenters. The Morgan fingerprint density at radius 2 is 2.13 bits per heavy atom. The van der Waals surface area contributed by atoms with E-state index >= 15 is 0 Å². The number of hydrogen-bond donors (Lipinski definition) is 1. The second-order valence-electron chi connectivity index (χ2n) is 7.30. The zero-order chi connectivity index (χ0) is 16.7. The predicted octanol–water partition coefficient (Wildman–Crippen LogP) is 2.18. The number of likely N-dealkylation sites (N-methyl/N-ethyl adjacent to an activating group) is 1. The number of piperidine rings is 1. The molecule has 1 aliphatic heterocycles. The van der Waals surface area contributed by atoms with Crippen molar-refractivity contribution in [2.24, 2.45) is 10.9 Å². The summed E-state index contributed by atoms with van der Waals surface area (Å²) >= 11 is 0. The third-order valence-corrected chi connectivity index (χ3v) is 5.17. The fraction of sp³-hybridized carbons (Fsp3) is 0.944. The molecule has 0 aromatic rings. The van der Waals surface area contributed by atoms with Crippen LogP contribution >= 0.6 is 0 Å². The molecular formula is C18H36N4O. The molecular weight excluding hydrogens is 288 g/mol. The molecule has 5 nitrogen and oxygen atoms in total. The Morgan fingerprint density at radius 3 is 2.78 bits per heavy atom. The highest BCUT2D eigenvalue weighted by Gasteiger charge is 2.23. The fourth-order valence-electron chi connectivity index (χ4n) is 3.36. The van der Waals surface area contributed by atoms with E-state index in [4.69, 9.17) is 4.74 Å². The fourth-order valence-corrected chi connectivity index (χ4v) is 3.36. The molecule has 1 saturated heterocycles. The number of nitrogens with one attached hydrogen (secondary N) is 1. The monoisotopic (exact) mass is 324 g/mol. The highest BCUT2D eigenvalue weighted by molar-refractivity contribution is 5.79. The van der Waals surface area contributed by atoms with Crippen molar-refractivity contribution in [3.63, 3.8) is 0 Å². The minimum atomic E-state index is 0.543. The summed E-state index contributed by atoms with van der Waals surface area (Å²) in [6, 6.07) is 1.25. The van der Waals surface area contributed by atoms with E-state index in [-0.39, 0.29) is 0 Å². The molecule has 5 heteroatoms. The maximum Gasteiger partial charge on any atom is 0.193 e. The zero-order valence-corrected chi connectivity index (χ0v) is 15.6. The maximum absolute atomic E-state index is 5.73. The molecule has 23 heavy (non-hydrogen) atoms. The molecule has 0 radical (unpaired) electrons. The molecule has 0 bridgehead atoms. The Labute approximate surface area is 142 Å². The SMILES string of the molecule is CN=C(NCC(C)N1CCCCC1C)N(C)CCOCC1CC1. The number of hydrogen-bond acceptors (Lipinski definition) is 3. The van der Waals surface area contributed by atoms with Crippen molar-refractivity contribution < 1.29 is 4.74 Å². The summed E-state index contributed by atoms with van der Waals surface area (Å²) in [5.41, 5.74) is 0. The molecule has 0 aromatic heterocycles. The Hall–Kier alpha value is -0.810. The van der Waals surface area contributed by atoms with Crippen LogP contribution in [0, 0.1) is 5.92 Å². The van der Waals surface area contributed by atoms with Crippen LogP contribution in [0.5, 0.6) is 0 Å². The molecule has 1 aliphatic carbocycles. The summed E-state index contributed by atoms with van der Waals surface area (Å²) in [5, 5.41) is 3.53. The average Bonchev–Trinajstić information content (AvgIpc) is 3.36. The maximum atomic E-state index is 5.73. The van der Waals surface area contributed by atoms with Crippen molar-refractivity contribution in [1.29, 1.82) is 0 Å². The van der Waals surface area contributed by atoms with E-state index in [1.807, 2.05) is 7.05 Å². The van der Waals surface area contributed by atoms with Crippen molar-refractivity contribution in [3.8, 4) is 0 Å². The van der Waals surface area contributed by atoms with E-state index in [0.29, 0.717) is 12.1 Å². The first kappa shape index (κ1) is 18.5. The third-order valence-electron chi connectivity index (χ3n) is 5.17. The van der Waals surface area contributed by atoms with Crippen molar-refractivity contribution >= 4 is 5.96 Å². The first-order valence-electron chi connectivity index (χ1n) is 9.37. The van der Waals surface area contributed by atoms with E-state index in [9.17, 15) is 0 Å². The van der Waals surface area contributed by atoms with Crippen LogP contribution in [-0.2, 0) is 4.74 Å². The normalized spacial score (nSPS) is 24.5. The molecule has 0 spiro atoms. The van der Waals surface area contributed by atoms with Gasteiger partial charge in [0.25, 0.3) is 0 Å². The van der Waals surface area contributed by atoms with Crippen LogP contribution in [-0.4, -0.2) is 74.8 Å². The van der Waals surface area contributed by atoms with Crippen LogP contribution in [0.1, 0.15) is 46.0 Å². The van der Waals surface area contributed by atoms with Gasteiger partial charge in [-0.25, -0.2) is 0 Å². The highest BCUT2D eigenvalue weighted by Crippen LogP contribution is 2.28. The Morgan fingerprint density at radius 1 is 1.35 bits per heavy atom. The second-order valence-corrected chi connectivity index (χ2v) is 7.30. The summed E-state index contributed by atoms with van der Waals surface area (Å²) in [5.74, 6) is 1.81. The van der Waals surface area contributed by atoms with Crippen LogP contribution < -0.4 is 5.32 Å². The lowest BCUT2D eigenvalue weighted by molar-refractivity contribution is 0.111. The summed E-state index contributed by atoms with van der Waals surface area (Å²) in [6.45, 7) is 9.46. The predicted molar refractivity (Wildman–Crippen MR) is 97.0 cm³/mol. The molecule has 0 aromatic carbocycles. The van der Waals surface area contributed by atoms with Crippen LogP contribution in [0.3, 0.4) is 0 Å². The van der Waals surface area contributed by atoms with Crippen molar-refractivity contribution in [3.05, 3.63) is 0 Å². The van der Waals surface area contributed by atoms with Gasteiger partial charge in [-0.15, -0.1) is 0 Å². The van der Waals surface area contributed by atoms with Gasteiger partial charge in [-0.3, -0.25) is 9.89 Å². The van der Waals surface area contributed by atoms with Crippen molar-refractivity contribution in [1.82, 2.24) is 15.1 Å². The van der Waals surface area contributed by atoms with Crippen LogP contribution in [0.15, 0.2) is 4.99 Å². The summed E-state index contributed by atoms with van der Waals surface area (Å²) in [6.07, 6.45) is 6.75. The zero-order valence-electron chi connectivity index (χ0n) is 15.6. The topological polar surface area (TPSA) is 40.1 Å². The quantitative estimate of drug-likeness (QED) is 0.422. The molecule has 2 aliphatic rings. The van der Waals surface area contributed by atoms with Crippen LogP contribution in [0.4, 0.5) is 0 Å². The minimum Gasteiger partial charge on any atom is -0.379 e. The number of ether oxygens (including phenoxy) is 1. The number of nitrogens with zero attached hydrogens (tertiary/aromatic N) is 3. The summed E-state index contributed by atoms with van der Waals surface area (Å²) in [7, 11) is 3.95. The lowest BCUT2D eigenvalue weighted by atomic mass is 10.0. The van der Waals surface area contributed by atoms with Gasteiger partial charge in [0, 0.05) is 45.9 Å². The molecule has 2 rings (SSSR count).